The number of rotatable bonds is 4. The van der Waals surface area contributed by atoms with Gasteiger partial charge in [0, 0.05) is 10.7 Å². The minimum atomic E-state index is -0.696. The van der Waals surface area contributed by atoms with E-state index in [2.05, 4.69) is 5.32 Å². The van der Waals surface area contributed by atoms with E-state index in [9.17, 15) is 4.79 Å². The van der Waals surface area contributed by atoms with E-state index >= 15 is 0 Å². The van der Waals surface area contributed by atoms with Gasteiger partial charge >= 0.3 is 0 Å². The summed E-state index contributed by atoms with van der Waals surface area (Å²) in [4.78, 5) is 12.0. The van der Waals surface area contributed by atoms with Crippen molar-refractivity contribution < 1.29 is 9.53 Å². The minimum absolute atomic E-state index is 0.292. The van der Waals surface area contributed by atoms with E-state index in [-0.39, 0.29) is 5.91 Å². The van der Waals surface area contributed by atoms with E-state index in [0.29, 0.717) is 22.0 Å². The number of ether oxygens (including phenoxy) is 1. The normalized spacial score (nSPS) is 11.3. The molecule has 0 saturated carbocycles. The molecule has 0 aliphatic heterocycles. The van der Waals surface area contributed by atoms with E-state index in [0.717, 1.165) is 0 Å². The van der Waals surface area contributed by atoms with Gasteiger partial charge in [0.05, 0.1) is 11.6 Å². The molecular weight excluding hydrogens is 288 g/mol. The van der Waals surface area contributed by atoms with Gasteiger partial charge in [0.25, 0.3) is 5.91 Å². The predicted molar refractivity (Wildman–Crippen MR) is 81.3 cm³/mol. The SMILES string of the molecule is CC(Oc1cccc(C#N)c1)C(=O)Nc1cccc(Cl)c1. The Bertz CT molecular complexity index is 695. The zero-order valence-electron chi connectivity index (χ0n) is 11.3. The van der Waals surface area contributed by atoms with Crippen molar-refractivity contribution in [3.63, 3.8) is 0 Å². The lowest BCUT2D eigenvalue weighted by Gasteiger charge is -2.15. The number of halogens is 1. The van der Waals surface area contributed by atoms with Crippen molar-refractivity contribution in [2.24, 2.45) is 0 Å². The van der Waals surface area contributed by atoms with Gasteiger partial charge in [-0.3, -0.25) is 4.79 Å². The van der Waals surface area contributed by atoms with Gasteiger partial charge in [0.1, 0.15) is 5.75 Å². The second-order valence-corrected chi connectivity index (χ2v) is 4.84. The number of carbonyl (C=O) groups is 1. The molecule has 2 aromatic rings. The van der Waals surface area contributed by atoms with E-state index < -0.39 is 6.10 Å². The van der Waals surface area contributed by atoms with E-state index in [1.54, 1.807) is 55.5 Å². The Balaban J connectivity index is 2.01. The van der Waals surface area contributed by atoms with Crippen molar-refractivity contribution in [3.05, 3.63) is 59.1 Å². The van der Waals surface area contributed by atoms with Crippen LogP contribution in [0, 0.1) is 11.3 Å². The first-order valence-electron chi connectivity index (χ1n) is 6.32. The maximum absolute atomic E-state index is 12.0. The van der Waals surface area contributed by atoms with Gasteiger partial charge in [-0.15, -0.1) is 0 Å². The standard InChI is InChI=1S/C16H13ClN2O2/c1-11(21-15-7-2-4-12(8-15)10-18)16(20)19-14-6-3-5-13(17)9-14/h2-9,11H,1H3,(H,19,20). The summed E-state index contributed by atoms with van der Waals surface area (Å²) in [5, 5.41) is 12.1. The summed E-state index contributed by atoms with van der Waals surface area (Å²) < 4.78 is 5.52. The molecule has 0 aliphatic rings. The molecule has 0 radical (unpaired) electrons. The summed E-state index contributed by atoms with van der Waals surface area (Å²) in [6, 6.07) is 15.6. The van der Waals surface area contributed by atoms with Crippen molar-refractivity contribution >= 4 is 23.2 Å². The number of hydrogen-bond donors (Lipinski definition) is 1. The number of amides is 1. The average Bonchev–Trinajstić information content (AvgIpc) is 2.47. The zero-order chi connectivity index (χ0) is 15.2. The second-order valence-electron chi connectivity index (χ2n) is 4.40. The summed E-state index contributed by atoms with van der Waals surface area (Å²) in [5.74, 6) is 0.183. The molecule has 0 spiro atoms. The highest BCUT2D eigenvalue weighted by Gasteiger charge is 2.15. The number of anilines is 1. The molecule has 21 heavy (non-hydrogen) atoms. The van der Waals surface area contributed by atoms with Crippen molar-refractivity contribution in [1.82, 2.24) is 0 Å². The topological polar surface area (TPSA) is 62.1 Å². The van der Waals surface area contributed by atoms with E-state index in [1.807, 2.05) is 6.07 Å². The first-order chi connectivity index (χ1) is 10.1. The van der Waals surface area contributed by atoms with Gasteiger partial charge in [0.15, 0.2) is 6.10 Å². The van der Waals surface area contributed by atoms with Crippen LogP contribution in [0.3, 0.4) is 0 Å². The monoisotopic (exact) mass is 300 g/mol. The lowest BCUT2D eigenvalue weighted by Crippen LogP contribution is -2.30. The number of carbonyl (C=O) groups excluding carboxylic acids is 1. The van der Waals surface area contributed by atoms with Crippen LogP contribution in [-0.2, 0) is 4.79 Å². The molecule has 4 nitrogen and oxygen atoms in total. The van der Waals surface area contributed by atoms with Crippen LogP contribution < -0.4 is 10.1 Å². The molecule has 1 atom stereocenters. The maximum atomic E-state index is 12.0. The average molecular weight is 301 g/mol. The molecule has 0 aromatic heterocycles. The van der Waals surface area contributed by atoms with Crippen LogP contribution in [0.25, 0.3) is 0 Å². The van der Waals surface area contributed by atoms with Gasteiger partial charge in [-0.05, 0) is 43.3 Å². The van der Waals surface area contributed by atoms with Gasteiger partial charge in [-0.25, -0.2) is 0 Å². The van der Waals surface area contributed by atoms with Crippen molar-refractivity contribution in [2.45, 2.75) is 13.0 Å². The summed E-state index contributed by atoms with van der Waals surface area (Å²) in [5.41, 5.74) is 1.09. The molecule has 2 rings (SSSR count). The third-order valence-electron chi connectivity index (χ3n) is 2.74. The predicted octanol–water partition coefficient (Wildman–Crippen LogP) is 3.62. The largest absolute Gasteiger partial charge is 0.481 e. The lowest BCUT2D eigenvalue weighted by atomic mass is 10.2. The fourth-order valence-corrected chi connectivity index (χ4v) is 1.90. The number of nitriles is 1. The minimum Gasteiger partial charge on any atom is -0.481 e. The quantitative estimate of drug-likeness (QED) is 0.938. The molecule has 0 bridgehead atoms. The van der Waals surface area contributed by atoms with Gasteiger partial charge in [0.2, 0.25) is 0 Å². The summed E-state index contributed by atoms with van der Waals surface area (Å²) in [6.07, 6.45) is -0.696. The van der Waals surface area contributed by atoms with Crippen molar-refractivity contribution in [1.29, 1.82) is 5.26 Å². The Morgan fingerprint density at radius 2 is 2.05 bits per heavy atom. The number of benzene rings is 2. The molecule has 0 fully saturated rings. The third kappa shape index (κ3) is 4.23. The molecule has 0 aliphatic carbocycles. The molecule has 0 heterocycles. The first-order valence-corrected chi connectivity index (χ1v) is 6.69. The molecule has 1 amide bonds. The van der Waals surface area contributed by atoms with Crippen LogP contribution in [-0.4, -0.2) is 12.0 Å². The van der Waals surface area contributed by atoms with Crippen LogP contribution in [0.5, 0.6) is 5.75 Å². The highest BCUT2D eigenvalue weighted by molar-refractivity contribution is 6.30. The van der Waals surface area contributed by atoms with Gasteiger partial charge in [-0.2, -0.15) is 5.26 Å². The van der Waals surface area contributed by atoms with E-state index in [4.69, 9.17) is 21.6 Å². The Labute approximate surface area is 127 Å². The molecule has 2 aromatic carbocycles. The summed E-state index contributed by atoms with van der Waals surface area (Å²) in [6.45, 7) is 1.64. The summed E-state index contributed by atoms with van der Waals surface area (Å²) >= 11 is 5.86. The summed E-state index contributed by atoms with van der Waals surface area (Å²) in [7, 11) is 0. The highest BCUT2D eigenvalue weighted by Crippen LogP contribution is 2.17. The highest BCUT2D eigenvalue weighted by atomic mass is 35.5. The number of hydrogen-bond acceptors (Lipinski definition) is 3. The smallest absolute Gasteiger partial charge is 0.265 e. The zero-order valence-corrected chi connectivity index (χ0v) is 12.1. The van der Waals surface area contributed by atoms with Gasteiger partial charge in [-0.1, -0.05) is 23.7 Å². The number of nitrogens with zero attached hydrogens (tertiary/aromatic N) is 1. The Kier molecular flexibility index (Phi) is 4.81. The van der Waals surface area contributed by atoms with Crippen LogP contribution >= 0.6 is 11.6 Å². The number of nitrogens with one attached hydrogen (secondary N) is 1. The lowest BCUT2D eigenvalue weighted by molar-refractivity contribution is -0.122. The second kappa shape index (κ2) is 6.78. The molecular formula is C16H13ClN2O2. The fraction of sp³-hybridized carbons (Fsp3) is 0.125. The van der Waals surface area contributed by atoms with Crippen molar-refractivity contribution in [3.8, 4) is 11.8 Å². The molecule has 1 N–H and O–H groups in total. The van der Waals surface area contributed by atoms with Crippen LogP contribution in [0.2, 0.25) is 5.02 Å². The van der Waals surface area contributed by atoms with E-state index in [1.165, 1.54) is 0 Å². The molecule has 1 unspecified atom stereocenters. The molecule has 106 valence electrons. The van der Waals surface area contributed by atoms with Crippen LogP contribution in [0.4, 0.5) is 5.69 Å². The van der Waals surface area contributed by atoms with Gasteiger partial charge < -0.3 is 10.1 Å². The Morgan fingerprint density at radius 3 is 2.76 bits per heavy atom. The van der Waals surface area contributed by atoms with Crippen LogP contribution in [0.1, 0.15) is 12.5 Å². The molecule has 0 saturated heterocycles. The van der Waals surface area contributed by atoms with Crippen LogP contribution in [0.15, 0.2) is 48.5 Å². The van der Waals surface area contributed by atoms with Crippen molar-refractivity contribution in [2.75, 3.05) is 5.32 Å². The Morgan fingerprint density at radius 1 is 1.29 bits per heavy atom. The molecule has 5 heteroatoms. The maximum Gasteiger partial charge on any atom is 0.265 e. The first kappa shape index (κ1) is 14.9. The fourth-order valence-electron chi connectivity index (χ4n) is 1.71. The third-order valence-corrected chi connectivity index (χ3v) is 2.97. The Hall–Kier alpha value is -2.51.